The highest BCUT2D eigenvalue weighted by Gasteiger charge is 2.97. The first-order valence-electron chi connectivity index (χ1n) is 15.4. The minimum absolute atomic E-state index is 0.0170. The monoisotopic (exact) mass is 604 g/mol. The molecular formula is C31H40O12. The molecule has 1 aromatic heterocycles. The number of epoxide rings is 1. The molecule has 12 nitrogen and oxygen atoms in total. The van der Waals surface area contributed by atoms with E-state index in [-0.39, 0.29) is 25.9 Å². The molecule has 16 atom stereocenters. The molecule has 5 N–H and O–H groups in total. The molecule has 2 spiro atoms. The maximum Gasteiger partial charge on any atom is 0.308 e. The number of hydrogen-bond donors (Lipinski definition) is 5. The van der Waals surface area contributed by atoms with Crippen LogP contribution in [0.3, 0.4) is 0 Å². The zero-order valence-electron chi connectivity index (χ0n) is 24.6. The van der Waals surface area contributed by atoms with Crippen LogP contribution in [0.4, 0.5) is 0 Å². The fraction of sp³-hybridized carbons (Fsp3) is 0.806. The van der Waals surface area contributed by atoms with E-state index < -0.39 is 105 Å². The Kier molecular flexibility index (Phi) is 5.49. The molecule has 16 unspecified atom stereocenters. The summed E-state index contributed by atoms with van der Waals surface area (Å²) in [5, 5.41) is 60.2. The Bertz CT molecular complexity index is 1380. The van der Waals surface area contributed by atoms with E-state index in [0.29, 0.717) is 12.0 Å². The predicted octanol–water partition coefficient (Wildman–Crippen LogP) is 0.362. The number of Topliss-reactive ketones (excluding diaryl/α,β-unsaturated/α-hetero) is 1. The summed E-state index contributed by atoms with van der Waals surface area (Å²) in [5.41, 5.74) is -8.62. The minimum Gasteiger partial charge on any atom is -0.472 e. The molecule has 0 aromatic carbocycles. The summed E-state index contributed by atoms with van der Waals surface area (Å²) in [4.78, 5) is 27.8. The lowest BCUT2D eigenvalue weighted by atomic mass is 9.31. The van der Waals surface area contributed by atoms with Gasteiger partial charge in [-0.15, -0.1) is 0 Å². The highest BCUT2D eigenvalue weighted by molar-refractivity contribution is 5.91. The number of ether oxygens (including phenoxy) is 4. The first-order chi connectivity index (χ1) is 20.2. The second-order valence-corrected chi connectivity index (χ2v) is 14.7. The Labute approximate surface area is 248 Å². The second-order valence-electron chi connectivity index (χ2n) is 14.7. The van der Waals surface area contributed by atoms with Gasteiger partial charge in [0.05, 0.1) is 65.0 Å². The maximum absolute atomic E-state index is 14.8. The van der Waals surface area contributed by atoms with E-state index in [9.17, 15) is 35.1 Å². The van der Waals surface area contributed by atoms with Crippen molar-refractivity contribution in [2.24, 2.45) is 39.4 Å². The van der Waals surface area contributed by atoms with Crippen LogP contribution in [0.25, 0.3) is 0 Å². The smallest absolute Gasteiger partial charge is 0.308 e. The van der Waals surface area contributed by atoms with Crippen molar-refractivity contribution in [3.05, 3.63) is 24.2 Å². The average molecular weight is 605 g/mol. The highest BCUT2D eigenvalue weighted by Crippen LogP contribution is 2.85. The van der Waals surface area contributed by atoms with Gasteiger partial charge in [0.25, 0.3) is 0 Å². The lowest BCUT2D eigenvalue weighted by Crippen LogP contribution is -2.88. The number of aliphatic hydroxyl groups is 5. The molecular weight excluding hydrogens is 564 g/mol. The summed E-state index contributed by atoms with van der Waals surface area (Å²) in [5.74, 6) is -3.56. The molecule has 7 fully saturated rings. The van der Waals surface area contributed by atoms with Gasteiger partial charge in [0, 0.05) is 24.3 Å². The van der Waals surface area contributed by atoms with Crippen molar-refractivity contribution in [2.45, 2.75) is 108 Å². The quantitative estimate of drug-likeness (QED) is 0.235. The van der Waals surface area contributed by atoms with Gasteiger partial charge in [-0.05, 0) is 24.8 Å². The molecule has 4 saturated carbocycles. The van der Waals surface area contributed by atoms with Crippen molar-refractivity contribution in [2.75, 3.05) is 6.61 Å². The largest absolute Gasteiger partial charge is 0.472 e. The first kappa shape index (κ1) is 28.6. The molecule has 3 aliphatic heterocycles. The molecule has 12 heteroatoms. The van der Waals surface area contributed by atoms with Crippen LogP contribution in [-0.2, 0) is 34.1 Å². The Morgan fingerprint density at radius 1 is 1.16 bits per heavy atom. The molecule has 7 aliphatic rings. The standard InChI is InChI=1S/C31H40O12/c1-5-13(2)23(36)41-18-9-17(33)30-15-8-16(32)28(12-40-25(30)42-24(37)26(15,18)3)21(30)20(34)22(35)27(4)29(38,14-6-7-39-11-14)10-19-31(27,28)43-19/h6-7,11,13,15-19,21-22,24-25,32-33,35,37-38H,5,8-10,12H2,1-4H3. The van der Waals surface area contributed by atoms with Gasteiger partial charge in [-0.3, -0.25) is 9.59 Å². The Hall–Kier alpha value is -1.90. The normalized spacial score (nSPS) is 58.2. The molecule has 4 aliphatic carbocycles. The van der Waals surface area contributed by atoms with Crippen molar-refractivity contribution in [3.63, 3.8) is 0 Å². The Morgan fingerprint density at radius 2 is 1.91 bits per heavy atom. The summed E-state index contributed by atoms with van der Waals surface area (Å²) in [6.45, 7) is 6.70. The third kappa shape index (κ3) is 2.65. The van der Waals surface area contributed by atoms with Gasteiger partial charge >= 0.3 is 5.97 Å². The third-order valence-electron chi connectivity index (χ3n) is 13.7. The Balaban J connectivity index is 1.31. The van der Waals surface area contributed by atoms with Gasteiger partial charge in [0.15, 0.2) is 18.4 Å². The van der Waals surface area contributed by atoms with Crippen LogP contribution in [0.1, 0.15) is 58.9 Å². The number of aliphatic hydroxyl groups excluding tert-OH is 4. The highest BCUT2D eigenvalue weighted by atomic mass is 16.7. The van der Waals surface area contributed by atoms with E-state index in [4.69, 9.17) is 23.4 Å². The number of carbonyl (C=O) groups is 2. The average Bonchev–Trinajstić information content (AvgIpc) is 3.33. The van der Waals surface area contributed by atoms with Gasteiger partial charge in [-0.1, -0.05) is 27.7 Å². The number of esters is 1. The SMILES string of the molecule is CCC(C)C(=O)OC1CC(O)C23C4OCC5(C(O)CC2C1(C)C(O)O4)C3C(=O)C(O)C1(C)C(O)(c2ccoc2)CC2OC251. The summed E-state index contributed by atoms with van der Waals surface area (Å²) in [7, 11) is 0. The topological polar surface area (TPSA) is 189 Å². The number of rotatable bonds is 4. The van der Waals surface area contributed by atoms with Crippen LogP contribution in [-0.4, -0.2) is 92.6 Å². The van der Waals surface area contributed by atoms with Crippen LogP contribution in [0.15, 0.2) is 23.0 Å². The van der Waals surface area contributed by atoms with Gasteiger partial charge in [0.1, 0.15) is 23.4 Å². The molecule has 236 valence electrons. The van der Waals surface area contributed by atoms with Crippen molar-refractivity contribution in [1.82, 2.24) is 0 Å². The molecule has 0 radical (unpaired) electrons. The number of ketones is 1. The van der Waals surface area contributed by atoms with Gasteiger partial charge in [0.2, 0.25) is 0 Å². The van der Waals surface area contributed by atoms with Crippen molar-refractivity contribution < 1.29 is 58.5 Å². The fourth-order valence-electron chi connectivity index (χ4n) is 11.3. The molecule has 3 saturated heterocycles. The lowest BCUT2D eigenvalue weighted by Gasteiger charge is -2.76. The molecule has 8 rings (SSSR count). The van der Waals surface area contributed by atoms with Crippen molar-refractivity contribution in [1.29, 1.82) is 0 Å². The number of hydrogen-bond acceptors (Lipinski definition) is 12. The number of furan rings is 1. The van der Waals surface area contributed by atoms with E-state index >= 15 is 0 Å². The van der Waals surface area contributed by atoms with E-state index in [1.807, 2.05) is 6.92 Å². The van der Waals surface area contributed by atoms with E-state index in [1.54, 1.807) is 26.8 Å². The van der Waals surface area contributed by atoms with Crippen LogP contribution in [0, 0.1) is 39.4 Å². The summed E-state index contributed by atoms with van der Waals surface area (Å²) in [6.07, 6.45) is -5.37. The summed E-state index contributed by atoms with van der Waals surface area (Å²) >= 11 is 0. The number of carbonyl (C=O) groups excluding carboxylic acids is 2. The van der Waals surface area contributed by atoms with Gasteiger partial charge in [-0.2, -0.15) is 0 Å². The summed E-state index contributed by atoms with van der Waals surface area (Å²) < 4.78 is 30.1. The van der Waals surface area contributed by atoms with Crippen LogP contribution < -0.4 is 0 Å². The fourth-order valence-corrected chi connectivity index (χ4v) is 11.3. The maximum atomic E-state index is 14.8. The second kappa shape index (κ2) is 8.27. The molecule has 0 amide bonds. The van der Waals surface area contributed by atoms with Gasteiger partial charge < -0.3 is 48.9 Å². The van der Waals surface area contributed by atoms with Crippen LogP contribution in [0.5, 0.6) is 0 Å². The van der Waals surface area contributed by atoms with Gasteiger partial charge in [-0.25, -0.2) is 0 Å². The van der Waals surface area contributed by atoms with E-state index in [1.165, 1.54) is 12.5 Å². The molecule has 3 bridgehead atoms. The van der Waals surface area contributed by atoms with E-state index in [2.05, 4.69) is 0 Å². The molecule has 43 heavy (non-hydrogen) atoms. The minimum atomic E-state index is -1.75. The zero-order valence-corrected chi connectivity index (χ0v) is 24.6. The van der Waals surface area contributed by atoms with Crippen LogP contribution >= 0.6 is 0 Å². The third-order valence-corrected chi connectivity index (χ3v) is 13.7. The Morgan fingerprint density at radius 3 is 2.58 bits per heavy atom. The lowest BCUT2D eigenvalue weighted by molar-refractivity contribution is -0.468. The van der Waals surface area contributed by atoms with E-state index in [0.717, 1.165) is 0 Å². The predicted molar refractivity (Wildman–Crippen MR) is 141 cm³/mol. The summed E-state index contributed by atoms with van der Waals surface area (Å²) in [6, 6.07) is 1.59. The molecule has 1 aromatic rings. The van der Waals surface area contributed by atoms with Crippen molar-refractivity contribution in [3.8, 4) is 0 Å². The van der Waals surface area contributed by atoms with Crippen LogP contribution in [0.2, 0.25) is 0 Å². The van der Waals surface area contributed by atoms with Crippen molar-refractivity contribution >= 4 is 11.8 Å². The molecule has 4 heterocycles. The first-order valence-corrected chi connectivity index (χ1v) is 15.4. The zero-order chi connectivity index (χ0) is 30.7.